The standard InChI is InChI=1S/C11H15NO4/c1-15-6-7-16-8-11(14)12-9-2-4-10(13)5-3-9/h2-5,13H,6-8H2,1H3,(H,12,14). The Balaban J connectivity index is 2.26. The molecule has 0 atom stereocenters. The van der Waals surface area contributed by atoms with E-state index in [4.69, 9.17) is 14.6 Å². The summed E-state index contributed by atoms with van der Waals surface area (Å²) in [5.74, 6) is -0.0730. The average molecular weight is 225 g/mol. The van der Waals surface area contributed by atoms with E-state index in [1.165, 1.54) is 12.1 Å². The minimum atomic E-state index is -0.234. The first-order chi connectivity index (χ1) is 7.72. The highest BCUT2D eigenvalue weighted by molar-refractivity contribution is 5.91. The number of methoxy groups -OCH3 is 1. The van der Waals surface area contributed by atoms with Crippen LogP contribution in [0.2, 0.25) is 0 Å². The van der Waals surface area contributed by atoms with Crippen LogP contribution in [-0.2, 0) is 14.3 Å². The molecule has 0 aromatic heterocycles. The summed E-state index contributed by atoms with van der Waals surface area (Å²) in [6.45, 7) is 0.843. The fraction of sp³-hybridized carbons (Fsp3) is 0.364. The van der Waals surface area contributed by atoms with Crippen LogP contribution < -0.4 is 5.32 Å². The van der Waals surface area contributed by atoms with Crippen LogP contribution in [0.1, 0.15) is 0 Å². The lowest BCUT2D eigenvalue weighted by atomic mass is 10.3. The van der Waals surface area contributed by atoms with Gasteiger partial charge in [-0.1, -0.05) is 0 Å². The maximum Gasteiger partial charge on any atom is 0.250 e. The van der Waals surface area contributed by atoms with Crippen LogP contribution in [0.5, 0.6) is 5.75 Å². The van der Waals surface area contributed by atoms with Crippen molar-refractivity contribution in [3.63, 3.8) is 0 Å². The molecule has 0 saturated heterocycles. The largest absolute Gasteiger partial charge is 0.508 e. The zero-order valence-corrected chi connectivity index (χ0v) is 9.10. The number of ether oxygens (including phenoxy) is 2. The number of benzene rings is 1. The first-order valence-corrected chi connectivity index (χ1v) is 4.88. The Morgan fingerprint density at radius 3 is 2.62 bits per heavy atom. The third-order valence-electron chi connectivity index (χ3n) is 1.82. The molecule has 5 nitrogen and oxygen atoms in total. The van der Waals surface area contributed by atoms with E-state index in [1.54, 1.807) is 19.2 Å². The molecule has 0 aliphatic rings. The monoisotopic (exact) mass is 225 g/mol. The van der Waals surface area contributed by atoms with Crippen LogP contribution in [0, 0.1) is 0 Å². The fourth-order valence-electron chi connectivity index (χ4n) is 1.05. The predicted octanol–water partition coefficient (Wildman–Crippen LogP) is 0.994. The molecule has 1 aromatic rings. The molecule has 0 heterocycles. The number of nitrogens with one attached hydrogen (secondary N) is 1. The van der Waals surface area contributed by atoms with E-state index < -0.39 is 0 Å². The summed E-state index contributed by atoms with van der Waals surface area (Å²) in [7, 11) is 1.57. The molecule has 0 saturated carbocycles. The van der Waals surface area contributed by atoms with Crippen molar-refractivity contribution in [1.29, 1.82) is 0 Å². The van der Waals surface area contributed by atoms with E-state index in [9.17, 15) is 4.79 Å². The summed E-state index contributed by atoms with van der Waals surface area (Å²) >= 11 is 0. The summed E-state index contributed by atoms with van der Waals surface area (Å²) < 4.78 is 9.82. The molecule has 1 aromatic carbocycles. The molecule has 0 aliphatic heterocycles. The van der Waals surface area contributed by atoms with Gasteiger partial charge in [-0.15, -0.1) is 0 Å². The van der Waals surface area contributed by atoms with Gasteiger partial charge < -0.3 is 19.9 Å². The Morgan fingerprint density at radius 1 is 1.31 bits per heavy atom. The van der Waals surface area contributed by atoms with E-state index in [0.717, 1.165) is 0 Å². The van der Waals surface area contributed by atoms with E-state index >= 15 is 0 Å². The van der Waals surface area contributed by atoms with E-state index in [2.05, 4.69) is 5.32 Å². The molecule has 2 N–H and O–H groups in total. The summed E-state index contributed by atoms with van der Waals surface area (Å²) in [4.78, 5) is 11.3. The number of phenols is 1. The fourth-order valence-corrected chi connectivity index (χ4v) is 1.05. The van der Waals surface area contributed by atoms with Crippen molar-refractivity contribution < 1.29 is 19.4 Å². The first kappa shape index (κ1) is 12.5. The number of carbonyl (C=O) groups is 1. The molecule has 0 bridgehead atoms. The van der Waals surface area contributed by atoms with Crippen molar-refractivity contribution in [1.82, 2.24) is 0 Å². The van der Waals surface area contributed by atoms with Crippen LogP contribution >= 0.6 is 0 Å². The highest BCUT2D eigenvalue weighted by Gasteiger charge is 2.01. The number of hydrogen-bond donors (Lipinski definition) is 2. The van der Waals surface area contributed by atoms with Crippen molar-refractivity contribution in [3.05, 3.63) is 24.3 Å². The van der Waals surface area contributed by atoms with Gasteiger partial charge in [0, 0.05) is 12.8 Å². The molecule has 0 radical (unpaired) electrons. The zero-order chi connectivity index (χ0) is 11.8. The summed E-state index contributed by atoms with van der Waals surface area (Å²) in [5.41, 5.74) is 0.623. The Bertz CT molecular complexity index is 323. The minimum absolute atomic E-state index is 0.00969. The molecule has 1 amide bonds. The van der Waals surface area contributed by atoms with Crippen LogP contribution in [0.25, 0.3) is 0 Å². The smallest absolute Gasteiger partial charge is 0.250 e. The maximum atomic E-state index is 11.3. The second-order valence-electron chi connectivity index (χ2n) is 3.14. The van der Waals surface area contributed by atoms with Gasteiger partial charge >= 0.3 is 0 Å². The van der Waals surface area contributed by atoms with Gasteiger partial charge in [-0.2, -0.15) is 0 Å². The highest BCUT2D eigenvalue weighted by atomic mass is 16.5. The average Bonchev–Trinajstić information content (AvgIpc) is 2.28. The zero-order valence-electron chi connectivity index (χ0n) is 9.10. The van der Waals surface area contributed by atoms with Crippen LogP contribution in [0.15, 0.2) is 24.3 Å². The Morgan fingerprint density at radius 2 is 2.00 bits per heavy atom. The lowest BCUT2D eigenvalue weighted by molar-refractivity contribution is -0.121. The van der Waals surface area contributed by atoms with E-state index in [-0.39, 0.29) is 18.3 Å². The van der Waals surface area contributed by atoms with E-state index in [1.807, 2.05) is 0 Å². The van der Waals surface area contributed by atoms with Crippen molar-refractivity contribution >= 4 is 11.6 Å². The summed E-state index contributed by atoms with van der Waals surface area (Å²) in [5, 5.41) is 11.7. The molecule has 0 spiro atoms. The third kappa shape index (κ3) is 4.77. The van der Waals surface area contributed by atoms with Gasteiger partial charge in [0.25, 0.3) is 0 Å². The van der Waals surface area contributed by atoms with Gasteiger partial charge in [-0.25, -0.2) is 0 Å². The Hall–Kier alpha value is -1.59. The Kier molecular flexibility index (Phi) is 5.31. The second kappa shape index (κ2) is 6.81. The molecule has 0 unspecified atom stereocenters. The lowest BCUT2D eigenvalue weighted by Crippen LogP contribution is -2.19. The number of aromatic hydroxyl groups is 1. The molecule has 0 fully saturated rings. The van der Waals surface area contributed by atoms with Crippen LogP contribution in [0.3, 0.4) is 0 Å². The van der Waals surface area contributed by atoms with Crippen LogP contribution in [0.4, 0.5) is 5.69 Å². The third-order valence-corrected chi connectivity index (χ3v) is 1.82. The first-order valence-electron chi connectivity index (χ1n) is 4.88. The molecular formula is C11H15NO4. The number of rotatable bonds is 6. The SMILES string of the molecule is COCCOCC(=O)Nc1ccc(O)cc1. The minimum Gasteiger partial charge on any atom is -0.508 e. The number of carbonyl (C=O) groups excluding carboxylic acids is 1. The topological polar surface area (TPSA) is 67.8 Å². The number of phenolic OH excluding ortho intramolecular Hbond substituents is 1. The van der Waals surface area contributed by atoms with Gasteiger partial charge in [0.2, 0.25) is 5.91 Å². The van der Waals surface area contributed by atoms with Crippen molar-refractivity contribution in [2.45, 2.75) is 0 Å². The van der Waals surface area contributed by atoms with Crippen molar-refractivity contribution in [3.8, 4) is 5.75 Å². The van der Waals surface area contributed by atoms with Gasteiger partial charge in [-0.3, -0.25) is 4.79 Å². The Labute approximate surface area is 94.0 Å². The van der Waals surface area contributed by atoms with Gasteiger partial charge in [0.05, 0.1) is 13.2 Å². The highest BCUT2D eigenvalue weighted by Crippen LogP contribution is 2.13. The summed E-state index contributed by atoms with van der Waals surface area (Å²) in [6, 6.07) is 6.23. The van der Waals surface area contributed by atoms with Crippen molar-refractivity contribution in [2.24, 2.45) is 0 Å². The van der Waals surface area contributed by atoms with Gasteiger partial charge in [0.15, 0.2) is 0 Å². The number of amides is 1. The quantitative estimate of drug-likeness (QED) is 0.559. The molecule has 5 heteroatoms. The van der Waals surface area contributed by atoms with Gasteiger partial charge in [0.1, 0.15) is 12.4 Å². The molecular weight excluding hydrogens is 210 g/mol. The molecule has 88 valence electrons. The van der Waals surface area contributed by atoms with Crippen LogP contribution in [-0.4, -0.2) is 37.9 Å². The van der Waals surface area contributed by atoms with E-state index in [0.29, 0.717) is 18.9 Å². The molecule has 0 aliphatic carbocycles. The predicted molar refractivity (Wildman–Crippen MR) is 59.4 cm³/mol. The summed E-state index contributed by atoms with van der Waals surface area (Å²) in [6.07, 6.45) is 0. The normalized spacial score (nSPS) is 10.1. The number of hydrogen-bond acceptors (Lipinski definition) is 4. The van der Waals surface area contributed by atoms with Crippen molar-refractivity contribution in [2.75, 3.05) is 32.2 Å². The molecule has 1 rings (SSSR count). The molecule has 16 heavy (non-hydrogen) atoms. The number of anilines is 1. The lowest BCUT2D eigenvalue weighted by Gasteiger charge is -2.05. The van der Waals surface area contributed by atoms with Gasteiger partial charge in [-0.05, 0) is 24.3 Å². The maximum absolute atomic E-state index is 11.3. The second-order valence-corrected chi connectivity index (χ2v) is 3.14.